The lowest BCUT2D eigenvalue weighted by Gasteiger charge is -2.29. The van der Waals surface area contributed by atoms with Crippen LogP contribution >= 0.6 is 24.0 Å². The van der Waals surface area contributed by atoms with Gasteiger partial charge >= 0.3 is 0 Å². The second-order valence-corrected chi connectivity index (χ2v) is 5.93. The SMILES string of the molecule is COc1cccc(C(CNC2=NCCCN2)N2CCCC2)c1.I. The molecule has 0 bridgehead atoms. The highest BCUT2D eigenvalue weighted by Crippen LogP contribution is 2.27. The van der Waals surface area contributed by atoms with Crippen LogP contribution < -0.4 is 15.4 Å². The summed E-state index contributed by atoms with van der Waals surface area (Å²) in [6, 6.07) is 8.80. The molecule has 1 saturated heterocycles. The third-order valence-electron chi connectivity index (χ3n) is 4.42. The van der Waals surface area contributed by atoms with Crippen molar-refractivity contribution in [2.75, 3.05) is 39.8 Å². The van der Waals surface area contributed by atoms with Crippen molar-refractivity contribution in [3.63, 3.8) is 0 Å². The molecule has 23 heavy (non-hydrogen) atoms. The van der Waals surface area contributed by atoms with E-state index in [1.54, 1.807) is 7.11 Å². The van der Waals surface area contributed by atoms with Crippen LogP contribution in [0.15, 0.2) is 29.3 Å². The third kappa shape index (κ3) is 4.97. The minimum absolute atomic E-state index is 0. The normalized spacial score (nSPS) is 19.3. The Hall–Kier alpha value is -1.02. The molecule has 1 aromatic carbocycles. The van der Waals surface area contributed by atoms with Crippen molar-refractivity contribution in [2.24, 2.45) is 4.99 Å². The Kier molecular flexibility index (Phi) is 7.42. The molecule has 2 aliphatic rings. The van der Waals surface area contributed by atoms with E-state index in [1.807, 2.05) is 6.07 Å². The van der Waals surface area contributed by atoms with E-state index < -0.39 is 0 Å². The summed E-state index contributed by atoms with van der Waals surface area (Å²) < 4.78 is 5.39. The minimum atomic E-state index is 0. The highest BCUT2D eigenvalue weighted by molar-refractivity contribution is 14.0. The number of rotatable bonds is 5. The summed E-state index contributed by atoms with van der Waals surface area (Å²) >= 11 is 0. The molecule has 5 nitrogen and oxygen atoms in total. The number of benzene rings is 1. The fourth-order valence-electron chi connectivity index (χ4n) is 3.20. The van der Waals surface area contributed by atoms with E-state index >= 15 is 0 Å². The standard InChI is InChI=1S/C17H26N4O.HI/c1-22-15-7-4-6-14(12-15)16(21-10-2-3-11-21)13-20-17-18-8-5-9-19-17;/h4,6-7,12,16H,2-3,5,8-11,13H2,1H3,(H2,18,19,20);1H. The first-order valence-electron chi connectivity index (χ1n) is 8.27. The molecule has 0 radical (unpaired) electrons. The second-order valence-electron chi connectivity index (χ2n) is 5.93. The van der Waals surface area contributed by atoms with Gasteiger partial charge in [0.25, 0.3) is 0 Å². The number of methoxy groups -OCH3 is 1. The Bertz CT molecular complexity index is 517. The molecule has 0 aromatic heterocycles. The summed E-state index contributed by atoms with van der Waals surface area (Å²) in [7, 11) is 1.73. The van der Waals surface area contributed by atoms with Crippen LogP contribution in [-0.4, -0.2) is 50.7 Å². The number of hydrogen-bond donors (Lipinski definition) is 2. The first-order chi connectivity index (χ1) is 10.9. The Balaban J connectivity index is 0.00000192. The summed E-state index contributed by atoms with van der Waals surface area (Å²) in [6.45, 7) is 5.15. The maximum Gasteiger partial charge on any atom is 0.191 e. The first kappa shape index (κ1) is 18.3. The van der Waals surface area contributed by atoms with Gasteiger partial charge in [-0.3, -0.25) is 9.89 Å². The lowest BCUT2D eigenvalue weighted by atomic mass is 10.1. The largest absolute Gasteiger partial charge is 0.497 e. The number of nitrogens with one attached hydrogen (secondary N) is 2. The Morgan fingerprint density at radius 2 is 2.13 bits per heavy atom. The molecule has 1 unspecified atom stereocenters. The minimum Gasteiger partial charge on any atom is -0.497 e. The van der Waals surface area contributed by atoms with Gasteiger partial charge in [-0.05, 0) is 50.0 Å². The van der Waals surface area contributed by atoms with Crippen LogP contribution in [0.25, 0.3) is 0 Å². The van der Waals surface area contributed by atoms with Crippen molar-refractivity contribution in [3.05, 3.63) is 29.8 Å². The van der Waals surface area contributed by atoms with E-state index in [4.69, 9.17) is 4.74 Å². The predicted octanol–water partition coefficient (Wildman–Crippen LogP) is 2.39. The van der Waals surface area contributed by atoms with E-state index in [2.05, 4.69) is 38.7 Å². The Labute approximate surface area is 155 Å². The molecule has 0 aliphatic carbocycles. The monoisotopic (exact) mass is 430 g/mol. The van der Waals surface area contributed by atoms with Gasteiger partial charge in [0, 0.05) is 19.6 Å². The second kappa shape index (κ2) is 9.32. The van der Waals surface area contributed by atoms with E-state index in [9.17, 15) is 0 Å². The number of halogens is 1. The number of likely N-dealkylation sites (tertiary alicyclic amines) is 1. The summed E-state index contributed by atoms with van der Waals surface area (Å²) in [5.74, 6) is 1.87. The molecule has 1 atom stereocenters. The van der Waals surface area contributed by atoms with Crippen molar-refractivity contribution in [1.82, 2.24) is 15.5 Å². The topological polar surface area (TPSA) is 48.9 Å². The molecule has 3 rings (SSSR count). The first-order valence-corrected chi connectivity index (χ1v) is 8.27. The van der Waals surface area contributed by atoms with Crippen molar-refractivity contribution in [2.45, 2.75) is 25.3 Å². The number of nitrogens with zero attached hydrogens (tertiary/aromatic N) is 2. The molecule has 0 spiro atoms. The molecular weight excluding hydrogens is 403 g/mol. The highest BCUT2D eigenvalue weighted by atomic mass is 127. The maximum atomic E-state index is 5.39. The molecule has 2 N–H and O–H groups in total. The molecule has 1 aromatic rings. The van der Waals surface area contributed by atoms with Crippen LogP contribution in [-0.2, 0) is 0 Å². The van der Waals surface area contributed by atoms with Gasteiger partial charge in [-0.1, -0.05) is 12.1 Å². The van der Waals surface area contributed by atoms with E-state index in [-0.39, 0.29) is 24.0 Å². The van der Waals surface area contributed by atoms with Gasteiger partial charge in [0.2, 0.25) is 0 Å². The average Bonchev–Trinajstić information content (AvgIpc) is 3.10. The van der Waals surface area contributed by atoms with Crippen LogP contribution in [0.1, 0.15) is 30.9 Å². The van der Waals surface area contributed by atoms with Gasteiger partial charge < -0.3 is 15.4 Å². The third-order valence-corrected chi connectivity index (χ3v) is 4.42. The molecule has 0 amide bonds. The zero-order chi connectivity index (χ0) is 15.2. The number of ether oxygens (including phenoxy) is 1. The summed E-state index contributed by atoms with van der Waals surface area (Å²) in [5.41, 5.74) is 1.31. The molecule has 2 aliphatic heterocycles. The van der Waals surface area contributed by atoms with Crippen molar-refractivity contribution in [1.29, 1.82) is 0 Å². The van der Waals surface area contributed by atoms with Gasteiger partial charge in [-0.2, -0.15) is 0 Å². The molecule has 2 heterocycles. The van der Waals surface area contributed by atoms with Crippen LogP contribution in [0.4, 0.5) is 0 Å². The lowest BCUT2D eigenvalue weighted by molar-refractivity contribution is 0.244. The number of hydrogen-bond acceptors (Lipinski definition) is 5. The maximum absolute atomic E-state index is 5.39. The van der Waals surface area contributed by atoms with Crippen LogP contribution in [0.5, 0.6) is 5.75 Å². The fraction of sp³-hybridized carbons (Fsp3) is 0.588. The molecular formula is C17H27IN4O. The van der Waals surface area contributed by atoms with E-state index in [0.29, 0.717) is 6.04 Å². The van der Waals surface area contributed by atoms with Crippen LogP contribution in [0.3, 0.4) is 0 Å². The number of aliphatic imine (C=N–C) groups is 1. The summed E-state index contributed by atoms with van der Waals surface area (Å²) in [5, 5.41) is 6.83. The fourth-order valence-corrected chi connectivity index (χ4v) is 3.20. The Morgan fingerprint density at radius 3 is 2.83 bits per heavy atom. The van der Waals surface area contributed by atoms with Gasteiger partial charge in [-0.25, -0.2) is 0 Å². The number of guanidine groups is 1. The summed E-state index contributed by atoms with van der Waals surface area (Å²) in [6.07, 6.45) is 3.70. The zero-order valence-corrected chi connectivity index (χ0v) is 16.1. The lowest BCUT2D eigenvalue weighted by Crippen LogP contribution is -2.44. The quantitative estimate of drug-likeness (QED) is 0.705. The average molecular weight is 430 g/mol. The van der Waals surface area contributed by atoms with Gasteiger partial charge in [0.05, 0.1) is 13.2 Å². The van der Waals surface area contributed by atoms with E-state index in [1.165, 1.54) is 31.5 Å². The molecule has 0 saturated carbocycles. The van der Waals surface area contributed by atoms with Gasteiger partial charge in [0.15, 0.2) is 5.96 Å². The highest BCUT2D eigenvalue weighted by Gasteiger charge is 2.24. The van der Waals surface area contributed by atoms with Crippen molar-refractivity contribution >= 4 is 29.9 Å². The van der Waals surface area contributed by atoms with Crippen molar-refractivity contribution < 1.29 is 4.74 Å². The molecule has 128 valence electrons. The van der Waals surface area contributed by atoms with Gasteiger partial charge in [-0.15, -0.1) is 24.0 Å². The smallest absolute Gasteiger partial charge is 0.191 e. The van der Waals surface area contributed by atoms with Crippen LogP contribution in [0, 0.1) is 0 Å². The van der Waals surface area contributed by atoms with E-state index in [0.717, 1.165) is 37.8 Å². The Morgan fingerprint density at radius 1 is 1.30 bits per heavy atom. The zero-order valence-electron chi connectivity index (χ0n) is 13.8. The molecule has 6 heteroatoms. The van der Waals surface area contributed by atoms with Crippen LogP contribution in [0.2, 0.25) is 0 Å². The van der Waals surface area contributed by atoms with Gasteiger partial charge in [0.1, 0.15) is 5.75 Å². The van der Waals surface area contributed by atoms with Crippen molar-refractivity contribution in [3.8, 4) is 5.75 Å². The molecule has 1 fully saturated rings. The summed E-state index contributed by atoms with van der Waals surface area (Å²) in [4.78, 5) is 7.07. The predicted molar refractivity (Wildman–Crippen MR) is 105 cm³/mol.